The van der Waals surface area contributed by atoms with Gasteiger partial charge in [0.05, 0.1) is 16.1 Å². The minimum absolute atomic E-state index is 0. The van der Waals surface area contributed by atoms with E-state index in [0.717, 1.165) is 6.54 Å². The van der Waals surface area contributed by atoms with Gasteiger partial charge in [-0.25, -0.2) is 0 Å². The van der Waals surface area contributed by atoms with Gasteiger partial charge < -0.3 is 21.9 Å². The van der Waals surface area contributed by atoms with Gasteiger partial charge in [0.2, 0.25) is 5.52 Å². The van der Waals surface area contributed by atoms with Gasteiger partial charge in [-0.05, 0) is 35.9 Å². The molecular weight excluding hydrogens is 392 g/mol. The van der Waals surface area contributed by atoms with Crippen molar-refractivity contribution in [2.75, 3.05) is 11.9 Å². The van der Waals surface area contributed by atoms with Crippen molar-refractivity contribution in [1.82, 2.24) is 0 Å². The number of pyridine rings is 1. The van der Waals surface area contributed by atoms with Crippen molar-refractivity contribution in [2.45, 2.75) is 11.4 Å². The Labute approximate surface area is 163 Å². The van der Waals surface area contributed by atoms with Crippen LogP contribution in [0.25, 0.3) is 17.0 Å². The van der Waals surface area contributed by atoms with Crippen LogP contribution in [0.2, 0.25) is 0 Å². The first-order valence-electron chi connectivity index (χ1n) is 8.02. The highest BCUT2D eigenvalue weighted by Crippen LogP contribution is 2.45. The molecule has 0 fully saturated rings. The van der Waals surface area contributed by atoms with E-state index in [0.29, 0.717) is 0 Å². The highest BCUT2D eigenvalue weighted by atomic mass is 79.9. The maximum absolute atomic E-state index is 3.86. The van der Waals surface area contributed by atoms with Crippen LogP contribution in [0.3, 0.4) is 0 Å². The molecule has 0 bridgehead atoms. The van der Waals surface area contributed by atoms with Crippen LogP contribution < -0.4 is 26.4 Å². The smallest absolute Gasteiger partial charge is 0.213 e. The number of anilines is 1. The maximum Gasteiger partial charge on any atom is 0.213 e. The van der Waals surface area contributed by atoms with E-state index >= 15 is 0 Å². The van der Waals surface area contributed by atoms with E-state index in [9.17, 15) is 0 Å². The third-order valence-corrected chi connectivity index (χ3v) is 5.50. The maximum atomic E-state index is 3.86. The lowest BCUT2D eigenvalue weighted by atomic mass is 10.1. The van der Waals surface area contributed by atoms with E-state index in [1.54, 1.807) is 0 Å². The molecule has 4 rings (SSSR count). The lowest BCUT2D eigenvalue weighted by Gasteiger charge is -2.13. The molecule has 1 aromatic heterocycles. The van der Waals surface area contributed by atoms with E-state index in [2.05, 4.69) is 90.0 Å². The first kappa shape index (κ1) is 17.8. The molecule has 4 heteroatoms. The molecule has 0 spiro atoms. The molecule has 2 aromatic carbocycles. The standard InChI is InChI=1S/C21H19N2S.BrH/c1-3-13-23-14-12-16(17-8-4-5-9-18(17)23)15-21-22(2)19-10-6-7-11-20(19)24-21;/h3-12,14-15H,1,13H2,2H3;1H/q+1;/p-1. The summed E-state index contributed by atoms with van der Waals surface area (Å²) in [5, 5.41) is 2.52. The minimum atomic E-state index is 0. The summed E-state index contributed by atoms with van der Waals surface area (Å²) in [7, 11) is 2.13. The Morgan fingerprint density at radius 1 is 1.08 bits per heavy atom. The first-order valence-corrected chi connectivity index (χ1v) is 8.84. The van der Waals surface area contributed by atoms with Gasteiger partial charge in [0, 0.05) is 24.1 Å². The summed E-state index contributed by atoms with van der Waals surface area (Å²) in [5.41, 5.74) is 3.75. The van der Waals surface area contributed by atoms with Gasteiger partial charge >= 0.3 is 0 Å². The molecule has 1 aliphatic heterocycles. The zero-order valence-electron chi connectivity index (χ0n) is 14.0. The van der Waals surface area contributed by atoms with Gasteiger partial charge in [0.1, 0.15) is 0 Å². The monoisotopic (exact) mass is 410 g/mol. The van der Waals surface area contributed by atoms with Crippen molar-refractivity contribution in [3.8, 4) is 0 Å². The van der Waals surface area contributed by atoms with E-state index in [1.165, 1.54) is 32.1 Å². The summed E-state index contributed by atoms with van der Waals surface area (Å²) in [6.45, 7) is 4.68. The Balaban J connectivity index is 0.00000182. The summed E-state index contributed by atoms with van der Waals surface area (Å²) >= 11 is 1.83. The van der Waals surface area contributed by atoms with Gasteiger partial charge in [-0.2, -0.15) is 4.57 Å². The minimum Gasteiger partial charge on any atom is -1.00 e. The molecule has 0 saturated heterocycles. The molecule has 0 amide bonds. The molecule has 126 valence electrons. The van der Waals surface area contributed by atoms with Gasteiger partial charge in [0.15, 0.2) is 12.7 Å². The fraction of sp³-hybridized carbons (Fsp3) is 0.0952. The van der Waals surface area contributed by atoms with Crippen LogP contribution in [0, 0.1) is 0 Å². The lowest BCUT2D eigenvalue weighted by molar-refractivity contribution is -0.660. The molecule has 1 aliphatic rings. The molecule has 2 heterocycles. The van der Waals surface area contributed by atoms with Gasteiger partial charge in [-0.1, -0.05) is 42.6 Å². The van der Waals surface area contributed by atoms with Crippen LogP contribution in [-0.4, -0.2) is 7.05 Å². The van der Waals surface area contributed by atoms with Crippen LogP contribution in [0.1, 0.15) is 5.56 Å². The average Bonchev–Trinajstić information content (AvgIpc) is 2.93. The third kappa shape index (κ3) is 3.24. The predicted molar refractivity (Wildman–Crippen MR) is 103 cm³/mol. The molecule has 0 unspecified atom stereocenters. The summed E-state index contributed by atoms with van der Waals surface area (Å²) in [6, 6.07) is 19.3. The topological polar surface area (TPSA) is 7.12 Å². The number of benzene rings is 2. The number of thioether (sulfide) groups is 1. The number of fused-ring (bicyclic) bond motifs is 2. The Hall–Kier alpha value is -2.04. The SMILES string of the molecule is C=CC[n+]1ccc(C=C2Sc3ccccc3N2C)c2ccccc21.[Br-]. The Morgan fingerprint density at radius 3 is 2.64 bits per heavy atom. The predicted octanol–water partition coefficient (Wildman–Crippen LogP) is 1.86. The molecule has 0 aliphatic carbocycles. The largest absolute Gasteiger partial charge is 1.00 e. The van der Waals surface area contributed by atoms with Crippen molar-refractivity contribution in [3.63, 3.8) is 0 Å². The number of aromatic nitrogens is 1. The molecule has 0 radical (unpaired) electrons. The number of hydrogen-bond donors (Lipinski definition) is 0. The third-order valence-electron chi connectivity index (χ3n) is 4.34. The molecule has 2 nitrogen and oxygen atoms in total. The number of halogens is 1. The van der Waals surface area contributed by atoms with Crippen molar-refractivity contribution < 1.29 is 21.5 Å². The number of allylic oxidation sites excluding steroid dienone is 1. The summed E-state index contributed by atoms with van der Waals surface area (Å²) in [4.78, 5) is 3.58. The average molecular weight is 411 g/mol. The summed E-state index contributed by atoms with van der Waals surface area (Å²) in [5.74, 6) is 0. The van der Waals surface area contributed by atoms with Gasteiger partial charge in [0.25, 0.3) is 0 Å². The number of nitrogens with zero attached hydrogens (tertiary/aromatic N) is 2. The van der Waals surface area contributed by atoms with E-state index in [4.69, 9.17) is 0 Å². The van der Waals surface area contributed by atoms with E-state index in [-0.39, 0.29) is 17.0 Å². The summed E-state index contributed by atoms with van der Waals surface area (Å²) < 4.78 is 2.23. The quantitative estimate of drug-likeness (QED) is 0.480. The molecule has 0 N–H and O–H groups in total. The summed E-state index contributed by atoms with van der Waals surface area (Å²) in [6.07, 6.45) is 6.36. The molecule has 25 heavy (non-hydrogen) atoms. The molecular formula is C21H19BrN2S. The van der Waals surface area contributed by atoms with Gasteiger partial charge in [-0.15, -0.1) is 0 Å². The zero-order chi connectivity index (χ0) is 16.5. The zero-order valence-corrected chi connectivity index (χ0v) is 16.4. The van der Waals surface area contributed by atoms with Crippen LogP contribution in [0.15, 0.2) is 83.4 Å². The van der Waals surface area contributed by atoms with Gasteiger partial charge in [-0.3, -0.25) is 0 Å². The highest BCUT2D eigenvalue weighted by Gasteiger charge is 2.21. The van der Waals surface area contributed by atoms with Crippen molar-refractivity contribution in [1.29, 1.82) is 0 Å². The fourth-order valence-electron chi connectivity index (χ4n) is 3.11. The number of hydrogen-bond acceptors (Lipinski definition) is 2. The second-order valence-electron chi connectivity index (χ2n) is 5.84. The fourth-order valence-corrected chi connectivity index (χ4v) is 4.22. The molecule has 3 aromatic rings. The van der Waals surface area contributed by atoms with Crippen LogP contribution in [0.5, 0.6) is 0 Å². The van der Waals surface area contributed by atoms with Crippen molar-refractivity contribution in [3.05, 3.63) is 84.0 Å². The Morgan fingerprint density at radius 2 is 1.84 bits per heavy atom. The number of para-hydroxylation sites is 2. The second kappa shape index (κ2) is 7.46. The molecule has 0 atom stereocenters. The highest BCUT2D eigenvalue weighted by molar-refractivity contribution is 8.03. The second-order valence-corrected chi connectivity index (χ2v) is 6.90. The van der Waals surface area contributed by atoms with E-state index < -0.39 is 0 Å². The van der Waals surface area contributed by atoms with Crippen molar-refractivity contribution in [2.24, 2.45) is 0 Å². The van der Waals surface area contributed by atoms with Crippen molar-refractivity contribution >= 4 is 34.4 Å². The number of rotatable bonds is 3. The Bertz CT molecular complexity index is 965. The first-order chi connectivity index (χ1) is 11.8. The normalized spacial score (nSPS) is 14.4. The van der Waals surface area contributed by atoms with Crippen LogP contribution in [-0.2, 0) is 6.54 Å². The van der Waals surface area contributed by atoms with Crippen LogP contribution in [0.4, 0.5) is 5.69 Å². The lowest BCUT2D eigenvalue weighted by Crippen LogP contribution is -3.00. The molecule has 0 saturated carbocycles. The van der Waals surface area contributed by atoms with Crippen LogP contribution >= 0.6 is 11.8 Å². The Kier molecular flexibility index (Phi) is 5.30. The van der Waals surface area contributed by atoms with E-state index in [1.807, 2.05) is 17.8 Å².